The summed E-state index contributed by atoms with van der Waals surface area (Å²) in [6.07, 6.45) is 0.168. The standard InChI is InChI=1S/C16H25NO3/c1-12(2)17(8-7-16(18)19)9-10-20-15-11-13(3)5-6-14(15)4/h5-6,11-12H,7-10H2,1-4H3,(H,18,19). The molecule has 0 aliphatic carbocycles. The van der Waals surface area contributed by atoms with E-state index in [1.807, 2.05) is 19.9 Å². The smallest absolute Gasteiger partial charge is 0.304 e. The third-order valence-electron chi connectivity index (χ3n) is 3.32. The first-order valence-electron chi connectivity index (χ1n) is 7.06. The quantitative estimate of drug-likeness (QED) is 0.795. The molecule has 0 fully saturated rings. The Balaban J connectivity index is 2.47. The molecule has 4 heteroatoms. The van der Waals surface area contributed by atoms with Crippen molar-refractivity contribution in [1.82, 2.24) is 4.90 Å². The number of rotatable bonds is 8. The Labute approximate surface area is 121 Å². The van der Waals surface area contributed by atoms with Crippen LogP contribution in [0.1, 0.15) is 31.4 Å². The van der Waals surface area contributed by atoms with E-state index in [9.17, 15) is 4.79 Å². The van der Waals surface area contributed by atoms with Gasteiger partial charge in [-0.2, -0.15) is 0 Å². The zero-order chi connectivity index (χ0) is 15.1. The molecule has 1 rings (SSSR count). The van der Waals surface area contributed by atoms with Gasteiger partial charge in [-0.05, 0) is 44.9 Å². The third-order valence-corrected chi connectivity index (χ3v) is 3.32. The molecule has 112 valence electrons. The SMILES string of the molecule is Cc1ccc(C)c(OCCN(CCC(=O)O)C(C)C)c1. The zero-order valence-corrected chi connectivity index (χ0v) is 12.8. The number of hydrogen-bond donors (Lipinski definition) is 1. The van der Waals surface area contributed by atoms with E-state index in [1.165, 1.54) is 5.56 Å². The number of aliphatic carboxylic acids is 1. The van der Waals surface area contributed by atoms with E-state index in [4.69, 9.17) is 9.84 Å². The van der Waals surface area contributed by atoms with Gasteiger partial charge in [0.05, 0.1) is 6.42 Å². The molecule has 1 aromatic rings. The molecule has 1 N–H and O–H groups in total. The molecule has 0 saturated carbocycles. The molecule has 4 nitrogen and oxygen atoms in total. The van der Waals surface area contributed by atoms with Crippen molar-refractivity contribution in [2.45, 2.75) is 40.2 Å². The van der Waals surface area contributed by atoms with Crippen molar-refractivity contribution in [2.75, 3.05) is 19.7 Å². The lowest BCUT2D eigenvalue weighted by atomic mass is 10.1. The maximum atomic E-state index is 10.6. The van der Waals surface area contributed by atoms with Crippen LogP contribution in [0.15, 0.2) is 18.2 Å². The van der Waals surface area contributed by atoms with Gasteiger partial charge in [-0.1, -0.05) is 12.1 Å². The number of carboxylic acids is 1. The summed E-state index contributed by atoms with van der Waals surface area (Å²) in [4.78, 5) is 12.8. The fraction of sp³-hybridized carbons (Fsp3) is 0.562. The summed E-state index contributed by atoms with van der Waals surface area (Å²) in [7, 11) is 0. The van der Waals surface area contributed by atoms with E-state index in [0.29, 0.717) is 19.2 Å². The van der Waals surface area contributed by atoms with Gasteiger partial charge >= 0.3 is 5.97 Å². The number of hydrogen-bond acceptors (Lipinski definition) is 3. The Morgan fingerprint density at radius 1 is 1.30 bits per heavy atom. The van der Waals surface area contributed by atoms with Gasteiger partial charge in [0.15, 0.2) is 0 Å². The normalized spacial score (nSPS) is 11.1. The van der Waals surface area contributed by atoms with Crippen molar-refractivity contribution in [3.8, 4) is 5.75 Å². The Bertz CT molecular complexity index is 443. The summed E-state index contributed by atoms with van der Waals surface area (Å²) in [6, 6.07) is 6.47. The third kappa shape index (κ3) is 5.61. The highest BCUT2D eigenvalue weighted by atomic mass is 16.5. The topological polar surface area (TPSA) is 49.8 Å². The van der Waals surface area contributed by atoms with E-state index in [-0.39, 0.29) is 6.42 Å². The van der Waals surface area contributed by atoms with E-state index in [2.05, 4.69) is 30.9 Å². The molecule has 0 saturated heterocycles. The molecule has 0 atom stereocenters. The monoisotopic (exact) mass is 279 g/mol. The number of aryl methyl sites for hydroxylation is 2. The van der Waals surface area contributed by atoms with Gasteiger partial charge in [-0.3, -0.25) is 9.69 Å². The lowest BCUT2D eigenvalue weighted by molar-refractivity contribution is -0.137. The van der Waals surface area contributed by atoms with E-state index >= 15 is 0 Å². The predicted octanol–water partition coefficient (Wildman–Crippen LogP) is 2.87. The van der Waals surface area contributed by atoms with Crippen LogP contribution in [0, 0.1) is 13.8 Å². The second kappa shape index (κ2) is 7.90. The van der Waals surface area contributed by atoms with Crippen molar-refractivity contribution in [3.63, 3.8) is 0 Å². The lowest BCUT2D eigenvalue weighted by Gasteiger charge is -2.25. The van der Waals surface area contributed by atoms with E-state index < -0.39 is 5.97 Å². The van der Waals surface area contributed by atoms with Crippen LogP contribution >= 0.6 is 0 Å². The summed E-state index contributed by atoms with van der Waals surface area (Å²) in [6.45, 7) is 10.1. The van der Waals surface area contributed by atoms with Gasteiger partial charge in [-0.25, -0.2) is 0 Å². The highest BCUT2D eigenvalue weighted by Gasteiger charge is 2.11. The van der Waals surface area contributed by atoms with Crippen LogP contribution in [0.5, 0.6) is 5.75 Å². The second-order valence-electron chi connectivity index (χ2n) is 5.39. The molecule has 20 heavy (non-hydrogen) atoms. The Kier molecular flexibility index (Phi) is 6.52. The summed E-state index contributed by atoms with van der Waals surface area (Å²) in [5.41, 5.74) is 2.30. The number of benzene rings is 1. The average Bonchev–Trinajstić information content (AvgIpc) is 2.36. The van der Waals surface area contributed by atoms with Crippen LogP contribution < -0.4 is 4.74 Å². The molecule has 0 aromatic heterocycles. The Hall–Kier alpha value is -1.55. The first kappa shape index (κ1) is 16.5. The van der Waals surface area contributed by atoms with E-state index in [1.54, 1.807) is 0 Å². The van der Waals surface area contributed by atoms with Crippen LogP contribution in [0.4, 0.5) is 0 Å². The van der Waals surface area contributed by atoms with Crippen LogP contribution in [-0.4, -0.2) is 41.7 Å². The first-order valence-corrected chi connectivity index (χ1v) is 7.06. The predicted molar refractivity (Wildman–Crippen MR) is 80.4 cm³/mol. The minimum absolute atomic E-state index is 0.168. The van der Waals surface area contributed by atoms with Crippen LogP contribution in [-0.2, 0) is 4.79 Å². The lowest BCUT2D eigenvalue weighted by Crippen LogP contribution is -2.36. The highest BCUT2D eigenvalue weighted by molar-refractivity contribution is 5.66. The van der Waals surface area contributed by atoms with Gasteiger partial charge in [0, 0.05) is 19.1 Å². The Morgan fingerprint density at radius 2 is 2.00 bits per heavy atom. The average molecular weight is 279 g/mol. The van der Waals surface area contributed by atoms with Gasteiger partial charge in [0.1, 0.15) is 12.4 Å². The molecule has 0 heterocycles. The second-order valence-corrected chi connectivity index (χ2v) is 5.39. The molecule has 1 aromatic carbocycles. The first-order chi connectivity index (χ1) is 9.40. The van der Waals surface area contributed by atoms with Crippen molar-refractivity contribution in [3.05, 3.63) is 29.3 Å². The fourth-order valence-electron chi connectivity index (χ4n) is 2.00. The van der Waals surface area contributed by atoms with Crippen LogP contribution in [0.2, 0.25) is 0 Å². The molecule has 0 aliphatic rings. The Morgan fingerprint density at radius 3 is 2.60 bits per heavy atom. The van der Waals surface area contributed by atoms with Crippen molar-refractivity contribution < 1.29 is 14.6 Å². The van der Waals surface area contributed by atoms with Gasteiger partial charge < -0.3 is 9.84 Å². The molecular formula is C16H25NO3. The van der Waals surface area contributed by atoms with Crippen LogP contribution in [0.3, 0.4) is 0 Å². The summed E-state index contributed by atoms with van der Waals surface area (Å²) in [5, 5.41) is 8.76. The molecule has 0 amide bonds. The highest BCUT2D eigenvalue weighted by Crippen LogP contribution is 2.19. The van der Waals surface area contributed by atoms with Gasteiger partial charge in [-0.15, -0.1) is 0 Å². The summed E-state index contributed by atoms with van der Waals surface area (Å²) >= 11 is 0. The van der Waals surface area contributed by atoms with Crippen molar-refractivity contribution in [1.29, 1.82) is 0 Å². The number of carboxylic acid groups (broad SMARTS) is 1. The van der Waals surface area contributed by atoms with Crippen molar-refractivity contribution in [2.24, 2.45) is 0 Å². The van der Waals surface area contributed by atoms with Crippen molar-refractivity contribution >= 4 is 5.97 Å². The van der Waals surface area contributed by atoms with Crippen LogP contribution in [0.25, 0.3) is 0 Å². The summed E-state index contributed by atoms with van der Waals surface area (Å²) in [5.74, 6) is 0.151. The largest absolute Gasteiger partial charge is 0.492 e. The molecule has 0 aliphatic heterocycles. The number of nitrogens with zero attached hydrogens (tertiary/aromatic N) is 1. The maximum absolute atomic E-state index is 10.6. The molecule has 0 radical (unpaired) electrons. The molecule has 0 spiro atoms. The van der Waals surface area contributed by atoms with Gasteiger partial charge in [0.2, 0.25) is 0 Å². The minimum atomic E-state index is -0.758. The summed E-state index contributed by atoms with van der Waals surface area (Å²) < 4.78 is 5.82. The maximum Gasteiger partial charge on any atom is 0.304 e. The molecule has 0 unspecified atom stereocenters. The number of ether oxygens (including phenoxy) is 1. The molecular weight excluding hydrogens is 254 g/mol. The molecule has 0 bridgehead atoms. The fourth-order valence-corrected chi connectivity index (χ4v) is 2.00. The number of carbonyl (C=O) groups is 1. The minimum Gasteiger partial charge on any atom is -0.492 e. The van der Waals surface area contributed by atoms with E-state index in [0.717, 1.165) is 17.9 Å². The zero-order valence-electron chi connectivity index (χ0n) is 12.8. The van der Waals surface area contributed by atoms with Gasteiger partial charge in [0.25, 0.3) is 0 Å².